The number of fused-ring (bicyclic) bond motifs is 1. The van der Waals surface area contributed by atoms with Gasteiger partial charge >= 0.3 is 5.97 Å². The van der Waals surface area contributed by atoms with Crippen LogP contribution in [0.15, 0.2) is 70.6 Å². The third-order valence-electron chi connectivity index (χ3n) is 4.83. The molecule has 0 aliphatic carbocycles. The van der Waals surface area contributed by atoms with Crippen molar-refractivity contribution in [3.05, 3.63) is 76.7 Å². The standard InChI is InChI=1S/C24H20N2O4S/c1-3-30-20-12-11-15(18-9-4-5-10-19(18)20)14-21-22(27)26(2)24(31-21)25-17-8-6-7-16(13-17)23(28)29/h4-14H,3H2,1-2H3,(H,28,29)/b21-14+,25-24?. The van der Waals surface area contributed by atoms with E-state index in [2.05, 4.69) is 4.99 Å². The predicted molar refractivity (Wildman–Crippen MR) is 124 cm³/mol. The first-order valence-electron chi connectivity index (χ1n) is 9.72. The van der Waals surface area contributed by atoms with Crippen LogP contribution in [0.3, 0.4) is 0 Å². The molecule has 0 spiro atoms. The van der Waals surface area contributed by atoms with Crippen LogP contribution in [0.4, 0.5) is 5.69 Å². The third-order valence-corrected chi connectivity index (χ3v) is 5.89. The van der Waals surface area contributed by atoms with Gasteiger partial charge in [0.25, 0.3) is 5.91 Å². The first-order chi connectivity index (χ1) is 15.0. The molecule has 1 heterocycles. The summed E-state index contributed by atoms with van der Waals surface area (Å²) >= 11 is 1.26. The Balaban J connectivity index is 1.70. The van der Waals surface area contributed by atoms with Crippen LogP contribution in [-0.2, 0) is 4.79 Å². The second kappa shape index (κ2) is 8.65. The Morgan fingerprint density at radius 3 is 2.65 bits per heavy atom. The number of likely N-dealkylation sites (N-methyl/N-ethyl adjacent to an activating group) is 1. The molecule has 0 radical (unpaired) electrons. The van der Waals surface area contributed by atoms with Crippen LogP contribution in [0.2, 0.25) is 0 Å². The lowest BCUT2D eigenvalue weighted by Gasteiger charge is -2.10. The molecule has 0 saturated carbocycles. The number of hydrogen-bond acceptors (Lipinski definition) is 5. The largest absolute Gasteiger partial charge is 0.493 e. The maximum Gasteiger partial charge on any atom is 0.335 e. The van der Waals surface area contributed by atoms with Gasteiger partial charge in [-0.2, -0.15) is 0 Å². The van der Waals surface area contributed by atoms with E-state index < -0.39 is 5.97 Å². The molecule has 1 amide bonds. The van der Waals surface area contributed by atoms with Crippen molar-refractivity contribution >= 4 is 51.3 Å². The maximum atomic E-state index is 12.8. The molecule has 1 aliphatic rings. The summed E-state index contributed by atoms with van der Waals surface area (Å²) in [4.78, 5) is 30.5. The summed E-state index contributed by atoms with van der Waals surface area (Å²) in [7, 11) is 1.66. The number of hydrogen-bond donors (Lipinski definition) is 1. The fourth-order valence-electron chi connectivity index (χ4n) is 3.31. The molecule has 156 valence electrons. The molecule has 0 atom stereocenters. The Bertz CT molecular complexity index is 1250. The minimum Gasteiger partial charge on any atom is -0.493 e. The van der Waals surface area contributed by atoms with E-state index in [0.29, 0.717) is 22.4 Å². The van der Waals surface area contributed by atoms with Crippen LogP contribution < -0.4 is 4.74 Å². The normalized spacial score (nSPS) is 16.5. The van der Waals surface area contributed by atoms with Gasteiger partial charge in [0.2, 0.25) is 0 Å². The van der Waals surface area contributed by atoms with E-state index in [9.17, 15) is 14.7 Å². The van der Waals surface area contributed by atoms with Crippen molar-refractivity contribution in [3.63, 3.8) is 0 Å². The number of ether oxygens (including phenoxy) is 1. The van der Waals surface area contributed by atoms with Gasteiger partial charge in [-0.15, -0.1) is 0 Å². The zero-order valence-corrected chi connectivity index (χ0v) is 17.8. The number of carboxylic acids is 1. The molecule has 1 saturated heterocycles. The Labute approximate surface area is 183 Å². The first kappa shape index (κ1) is 20.7. The number of carboxylic acid groups (broad SMARTS) is 1. The number of amidine groups is 1. The highest BCUT2D eigenvalue weighted by atomic mass is 32.2. The van der Waals surface area contributed by atoms with E-state index in [1.54, 1.807) is 19.2 Å². The Kier molecular flexibility index (Phi) is 5.77. The molecule has 3 aromatic carbocycles. The molecule has 1 N–H and O–H groups in total. The third kappa shape index (κ3) is 4.18. The fraction of sp³-hybridized carbons (Fsp3) is 0.125. The summed E-state index contributed by atoms with van der Waals surface area (Å²) < 4.78 is 5.73. The summed E-state index contributed by atoms with van der Waals surface area (Å²) in [5, 5.41) is 11.7. The summed E-state index contributed by atoms with van der Waals surface area (Å²) in [6, 6.07) is 18.1. The second-order valence-electron chi connectivity index (χ2n) is 6.86. The van der Waals surface area contributed by atoms with Gasteiger partial charge in [0.1, 0.15) is 5.75 Å². The van der Waals surface area contributed by atoms with Crippen LogP contribution in [0, 0.1) is 0 Å². The van der Waals surface area contributed by atoms with E-state index in [-0.39, 0.29) is 11.5 Å². The van der Waals surface area contributed by atoms with Crippen molar-refractivity contribution in [2.24, 2.45) is 4.99 Å². The smallest absolute Gasteiger partial charge is 0.335 e. The number of nitrogens with zero attached hydrogens (tertiary/aromatic N) is 2. The molecule has 1 aliphatic heterocycles. The zero-order chi connectivity index (χ0) is 22.0. The van der Waals surface area contributed by atoms with Crippen molar-refractivity contribution in [1.82, 2.24) is 4.90 Å². The molecule has 7 heteroatoms. The quantitative estimate of drug-likeness (QED) is 0.563. The molecule has 1 fully saturated rings. The number of aliphatic imine (C=N–C) groups is 1. The predicted octanol–water partition coefficient (Wildman–Crippen LogP) is 5.17. The van der Waals surface area contributed by atoms with Crippen molar-refractivity contribution in [2.45, 2.75) is 6.92 Å². The van der Waals surface area contributed by atoms with Gasteiger partial charge in [0.15, 0.2) is 5.17 Å². The topological polar surface area (TPSA) is 79.2 Å². The molecule has 31 heavy (non-hydrogen) atoms. The van der Waals surface area contributed by atoms with E-state index in [1.165, 1.54) is 28.8 Å². The number of thioether (sulfide) groups is 1. The molecule has 3 aromatic rings. The van der Waals surface area contributed by atoms with E-state index >= 15 is 0 Å². The number of amides is 1. The summed E-state index contributed by atoms with van der Waals surface area (Å²) in [6.07, 6.45) is 1.86. The molecule has 6 nitrogen and oxygen atoms in total. The van der Waals surface area contributed by atoms with Crippen molar-refractivity contribution in [2.75, 3.05) is 13.7 Å². The minimum atomic E-state index is -1.02. The highest BCUT2D eigenvalue weighted by molar-refractivity contribution is 8.18. The highest BCUT2D eigenvalue weighted by Gasteiger charge is 2.30. The Hall–Kier alpha value is -3.58. The van der Waals surface area contributed by atoms with Crippen molar-refractivity contribution < 1.29 is 19.4 Å². The van der Waals surface area contributed by atoms with Gasteiger partial charge in [-0.1, -0.05) is 36.4 Å². The lowest BCUT2D eigenvalue weighted by molar-refractivity contribution is -0.121. The van der Waals surface area contributed by atoms with Crippen LogP contribution in [0.5, 0.6) is 5.75 Å². The number of aromatic carboxylic acids is 1. The molecule has 0 bridgehead atoms. The summed E-state index contributed by atoms with van der Waals surface area (Å²) in [5.74, 6) is -0.368. The number of carbonyl (C=O) groups excluding carboxylic acids is 1. The lowest BCUT2D eigenvalue weighted by Crippen LogP contribution is -2.23. The van der Waals surface area contributed by atoms with Gasteiger partial charge in [-0.05, 0) is 60.0 Å². The number of carbonyl (C=O) groups is 2. The molecular weight excluding hydrogens is 412 g/mol. The average molecular weight is 433 g/mol. The molecular formula is C24H20N2O4S. The van der Waals surface area contributed by atoms with E-state index in [4.69, 9.17) is 4.74 Å². The van der Waals surface area contributed by atoms with E-state index in [0.717, 1.165) is 22.1 Å². The minimum absolute atomic E-state index is 0.149. The zero-order valence-electron chi connectivity index (χ0n) is 17.0. The summed E-state index contributed by atoms with van der Waals surface area (Å²) in [6.45, 7) is 2.52. The SMILES string of the molecule is CCOc1ccc(/C=C2/SC(=Nc3cccc(C(=O)O)c3)N(C)C2=O)c2ccccc12. The van der Waals surface area contributed by atoms with E-state index in [1.807, 2.05) is 49.4 Å². The average Bonchev–Trinajstić information content (AvgIpc) is 3.03. The van der Waals surface area contributed by atoms with Gasteiger partial charge < -0.3 is 9.84 Å². The Morgan fingerprint density at radius 2 is 1.90 bits per heavy atom. The van der Waals surface area contributed by atoms with Crippen molar-refractivity contribution in [1.29, 1.82) is 0 Å². The molecule has 0 unspecified atom stereocenters. The van der Waals surface area contributed by atoms with Crippen LogP contribution >= 0.6 is 11.8 Å². The van der Waals surface area contributed by atoms with Gasteiger partial charge in [-0.3, -0.25) is 9.69 Å². The summed E-state index contributed by atoms with van der Waals surface area (Å²) in [5.41, 5.74) is 1.54. The molecule has 4 rings (SSSR count). The van der Waals surface area contributed by atoms with Gasteiger partial charge in [-0.25, -0.2) is 9.79 Å². The van der Waals surface area contributed by atoms with Gasteiger partial charge in [0.05, 0.1) is 22.8 Å². The van der Waals surface area contributed by atoms with Gasteiger partial charge in [0, 0.05) is 12.4 Å². The lowest BCUT2D eigenvalue weighted by atomic mass is 10.0. The number of benzene rings is 3. The Morgan fingerprint density at radius 1 is 1.13 bits per heavy atom. The van der Waals surface area contributed by atoms with Crippen molar-refractivity contribution in [3.8, 4) is 5.75 Å². The fourth-order valence-corrected chi connectivity index (χ4v) is 4.29. The van der Waals surface area contributed by atoms with Crippen LogP contribution in [0.25, 0.3) is 16.8 Å². The van der Waals surface area contributed by atoms with Crippen LogP contribution in [0.1, 0.15) is 22.8 Å². The maximum absolute atomic E-state index is 12.8. The van der Waals surface area contributed by atoms with Crippen LogP contribution in [-0.4, -0.2) is 40.7 Å². The number of rotatable bonds is 5. The first-order valence-corrected chi connectivity index (χ1v) is 10.5. The second-order valence-corrected chi connectivity index (χ2v) is 7.87. The monoisotopic (exact) mass is 432 g/mol. The molecule has 0 aromatic heterocycles. The highest BCUT2D eigenvalue weighted by Crippen LogP contribution is 2.36.